The SMILES string of the molecule is CC(=O)N[C@@H]1[C@@H](O)[C@H](O)[C@@H](CO)O[C@H]1S[C@H](C)[C@H](NC(=O)OCC1c2ccccc2-c2ccccc21)C(=O)O. The van der Waals surface area contributed by atoms with E-state index >= 15 is 0 Å². The summed E-state index contributed by atoms with van der Waals surface area (Å²) in [6, 6.07) is 13.2. The molecule has 12 heteroatoms. The standard InChI is InChI=1S/C27H32N2O9S/c1-13(39-26-22(28-14(2)31)24(33)23(32)20(11-30)38-26)21(25(34)35)29-27(36)37-12-19-17-9-5-3-7-15(17)16-8-4-6-10-18(16)19/h3-10,13,19-24,26,30,32-33H,11-12H2,1-2H3,(H,28,31)(H,29,36)(H,34,35)/t13-,20-,21+,22-,23-,24-,26+/m1/s1. The van der Waals surface area contributed by atoms with Gasteiger partial charge in [0.15, 0.2) is 0 Å². The molecule has 210 valence electrons. The number of carboxylic acid groups (broad SMARTS) is 1. The number of hydrogen-bond acceptors (Lipinski definition) is 9. The van der Waals surface area contributed by atoms with Crippen molar-refractivity contribution in [2.75, 3.05) is 13.2 Å². The molecule has 0 spiro atoms. The quantitative estimate of drug-likeness (QED) is 0.260. The summed E-state index contributed by atoms with van der Waals surface area (Å²) in [5, 5.41) is 44.1. The van der Waals surface area contributed by atoms with E-state index in [4.69, 9.17) is 9.47 Å². The minimum Gasteiger partial charge on any atom is -0.480 e. The van der Waals surface area contributed by atoms with Gasteiger partial charge in [0.05, 0.1) is 12.6 Å². The van der Waals surface area contributed by atoms with Crippen molar-refractivity contribution in [3.63, 3.8) is 0 Å². The average molecular weight is 561 g/mol. The highest BCUT2D eigenvalue weighted by atomic mass is 32.2. The van der Waals surface area contributed by atoms with Crippen LogP contribution < -0.4 is 10.6 Å². The van der Waals surface area contributed by atoms with Gasteiger partial charge in [0, 0.05) is 18.1 Å². The Hall–Kier alpha value is -3.16. The molecule has 1 aliphatic heterocycles. The molecule has 0 bridgehead atoms. The first-order valence-electron chi connectivity index (χ1n) is 12.5. The fourth-order valence-electron chi connectivity index (χ4n) is 5.02. The number of hydrogen-bond donors (Lipinski definition) is 6. The van der Waals surface area contributed by atoms with Gasteiger partial charge in [0.2, 0.25) is 5.91 Å². The number of thioether (sulfide) groups is 1. The van der Waals surface area contributed by atoms with Crippen molar-refractivity contribution in [1.82, 2.24) is 10.6 Å². The third-order valence-electron chi connectivity index (χ3n) is 6.95. The summed E-state index contributed by atoms with van der Waals surface area (Å²) < 4.78 is 11.2. The van der Waals surface area contributed by atoms with E-state index in [1.165, 1.54) is 13.8 Å². The van der Waals surface area contributed by atoms with Crippen molar-refractivity contribution in [2.24, 2.45) is 0 Å². The van der Waals surface area contributed by atoms with Crippen molar-refractivity contribution >= 4 is 29.7 Å². The van der Waals surface area contributed by atoms with Crippen LogP contribution in [-0.2, 0) is 19.1 Å². The fraction of sp³-hybridized carbons (Fsp3) is 0.444. The lowest BCUT2D eigenvalue weighted by Gasteiger charge is -2.43. The number of ether oxygens (including phenoxy) is 2. The monoisotopic (exact) mass is 560 g/mol. The first-order valence-corrected chi connectivity index (χ1v) is 13.5. The van der Waals surface area contributed by atoms with Crippen LogP contribution in [0.3, 0.4) is 0 Å². The molecule has 1 saturated heterocycles. The molecule has 2 amide bonds. The highest BCUT2D eigenvalue weighted by Gasteiger charge is 2.46. The summed E-state index contributed by atoms with van der Waals surface area (Å²) in [5.74, 6) is -2.02. The number of benzene rings is 2. The molecule has 0 radical (unpaired) electrons. The summed E-state index contributed by atoms with van der Waals surface area (Å²) in [7, 11) is 0. The van der Waals surface area contributed by atoms with Gasteiger partial charge in [-0.2, -0.15) is 0 Å². The average Bonchev–Trinajstić information content (AvgIpc) is 3.23. The molecule has 1 fully saturated rings. The van der Waals surface area contributed by atoms with Gasteiger partial charge >= 0.3 is 12.1 Å². The Morgan fingerprint density at radius 2 is 1.62 bits per heavy atom. The number of carbonyl (C=O) groups excluding carboxylic acids is 2. The third-order valence-corrected chi connectivity index (χ3v) is 8.33. The van der Waals surface area contributed by atoms with E-state index in [9.17, 15) is 34.8 Å². The molecule has 2 aromatic rings. The van der Waals surface area contributed by atoms with Crippen LogP contribution in [0.2, 0.25) is 0 Å². The predicted octanol–water partition coefficient (Wildman–Crippen LogP) is 1.04. The van der Waals surface area contributed by atoms with E-state index in [1.807, 2.05) is 48.5 Å². The smallest absolute Gasteiger partial charge is 0.407 e. The second-order valence-electron chi connectivity index (χ2n) is 9.56. The number of alkyl carbamates (subject to hydrolysis) is 1. The van der Waals surface area contributed by atoms with Crippen LogP contribution in [-0.4, -0.2) is 92.7 Å². The Labute approximate surface area is 229 Å². The summed E-state index contributed by atoms with van der Waals surface area (Å²) in [6.45, 7) is 2.16. The predicted molar refractivity (Wildman–Crippen MR) is 142 cm³/mol. The number of fused-ring (bicyclic) bond motifs is 3. The van der Waals surface area contributed by atoms with Crippen LogP contribution in [0.15, 0.2) is 48.5 Å². The Bertz CT molecular complexity index is 1170. The molecule has 1 heterocycles. The molecular weight excluding hydrogens is 528 g/mol. The maximum atomic E-state index is 12.7. The van der Waals surface area contributed by atoms with E-state index in [0.29, 0.717) is 0 Å². The second-order valence-corrected chi connectivity index (χ2v) is 11.0. The maximum absolute atomic E-state index is 12.7. The summed E-state index contributed by atoms with van der Waals surface area (Å²) in [4.78, 5) is 36.5. The molecule has 0 unspecified atom stereocenters. The van der Waals surface area contributed by atoms with Crippen molar-refractivity contribution in [3.05, 3.63) is 59.7 Å². The number of rotatable bonds is 9. The van der Waals surface area contributed by atoms with Gasteiger partial charge in [0.25, 0.3) is 0 Å². The van der Waals surface area contributed by atoms with Crippen molar-refractivity contribution in [2.45, 2.75) is 60.8 Å². The normalized spacial score (nSPS) is 25.6. The van der Waals surface area contributed by atoms with E-state index in [-0.39, 0.29) is 12.5 Å². The zero-order valence-electron chi connectivity index (χ0n) is 21.4. The summed E-state index contributed by atoms with van der Waals surface area (Å²) in [5.41, 5.74) is 3.13. The zero-order valence-corrected chi connectivity index (χ0v) is 22.2. The van der Waals surface area contributed by atoms with Gasteiger partial charge in [-0.15, -0.1) is 11.8 Å². The number of carbonyl (C=O) groups is 3. The van der Waals surface area contributed by atoms with Gasteiger partial charge < -0.3 is 40.5 Å². The Morgan fingerprint density at radius 1 is 1.03 bits per heavy atom. The molecule has 1 aliphatic carbocycles. The molecule has 0 saturated carbocycles. The number of aliphatic carboxylic acids is 1. The summed E-state index contributed by atoms with van der Waals surface area (Å²) >= 11 is 0.928. The van der Waals surface area contributed by atoms with Crippen LogP contribution >= 0.6 is 11.8 Å². The molecule has 4 rings (SSSR count). The van der Waals surface area contributed by atoms with Crippen LogP contribution in [0.5, 0.6) is 0 Å². The first-order chi connectivity index (χ1) is 18.6. The van der Waals surface area contributed by atoms with Crippen LogP contribution in [0.1, 0.15) is 30.9 Å². The number of carboxylic acids is 1. The Kier molecular flexibility index (Phi) is 9.13. The molecular formula is C27H32N2O9S. The van der Waals surface area contributed by atoms with Gasteiger partial charge in [-0.3, -0.25) is 4.79 Å². The minimum absolute atomic E-state index is 0.00628. The molecule has 7 atom stereocenters. The van der Waals surface area contributed by atoms with Crippen molar-refractivity contribution < 1.29 is 44.3 Å². The van der Waals surface area contributed by atoms with Gasteiger partial charge in [-0.25, -0.2) is 9.59 Å². The highest BCUT2D eigenvalue weighted by molar-refractivity contribution is 8.00. The molecule has 6 N–H and O–H groups in total. The number of aliphatic hydroxyl groups excluding tert-OH is 3. The topological polar surface area (TPSA) is 175 Å². The number of nitrogens with one attached hydrogen (secondary N) is 2. The number of amides is 2. The molecule has 2 aromatic carbocycles. The molecule has 11 nitrogen and oxygen atoms in total. The Balaban J connectivity index is 1.42. The lowest BCUT2D eigenvalue weighted by Crippen LogP contribution is -2.63. The minimum atomic E-state index is -1.47. The molecule has 39 heavy (non-hydrogen) atoms. The van der Waals surface area contributed by atoms with E-state index in [0.717, 1.165) is 34.0 Å². The van der Waals surface area contributed by atoms with Crippen LogP contribution in [0, 0.1) is 0 Å². The third kappa shape index (κ3) is 6.20. The maximum Gasteiger partial charge on any atom is 0.407 e. The van der Waals surface area contributed by atoms with E-state index in [1.54, 1.807) is 0 Å². The van der Waals surface area contributed by atoms with E-state index < -0.39 is 65.7 Å². The van der Waals surface area contributed by atoms with Crippen molar-refractivity contribution in [3.8, 4) is 11.1 Å². The van der Waals surface area contributed by atoms with Gasteiger partial charge in [0.1, 0.15) is 36.4 Å². The second kappa shape index (κ2) is 12.3. The van der Waals surface area contributed by atoms with Crippen LogP contribution in [0.25, 0.3) is 11.1 Å². The van der Waals surface area contributed by atoms with Crippen molar-refractivity contribution in [1.29, 1.82) is 0 Å². The highest BCUT2D eigenvalue weighted by Crippen LogP contribution is 2.44. The van der Waals surface area contributed by atoms with E-state index in [2.05, 4.69) is 10.6 Å². The number of aliphatic hydroxyl groups is 3. The van der Waals surface area contributed by atoms with Gasteiger partial charge in [-0.1, -0.05) is 55.5 Å². The molecule has 2 aliphatic rings. The first kappa shape index (κ1) is 28.8. The Morgan fingerprint density at radius 3 is 2.15 bits per heavy atom. The summed E-state index contributed by atoms with van der Waals surface area (Å²) in [6.07, 6.45) is -4.99. The fourth-order valence-corrected chi connectivity index (χ4v) is 6.39. The largest absolute Gasteiger partial charge is 0.480 e. The van der Waals surface area contributed by atoms with Gasteiger partial charge in [-0.05, 0) is 22.3 Å². The zero-order chi connectivity index (χ0) is 28.3. The lowest BCUT2D eigenvalue weighted by atomic mass is 9.98. The van der Waals surface area contributed by atoms with Crippen LogP contribution in [0.4, 0.5) is 4.79 Å². The lowest BCUT2D eigenvalue weighted by molar-refractivity contribution is -0.173. The molecule has 0 aromatic heterocycles.